The number of nitrogens with one attached hydrogen (secondary N) is 3. The summed E-state index contributed by atoms with van der Waals surface area (Å²) < 4.78 is 5.21. The summed E-state index contributed by atoms with van der Waals surface area (Å²) in [6.07, 6.45) is 3.55. The van der Waals surface area contributed by atoms with Crippen LogP contribution in [-0.4, -0.2) is 40.2 Å². The van der Waals surface area contributed by atoms with Crippen molar-refractivity contribution in [3.63, 3.8) is 0 Å². The molecule has 2 aromatic rings. The lowest BCUT2D eigenvalue weighted by molar-refractivity contribution is 0.0519. The second-order valence-electron chi connectivity index (χ2n) is 7.07. The van der Waals surface area contributed by atoms with E-state index in [2.05, 4.69) is 20.6 Å². The van der Waals surface area contributed by atoms with E-state index in [9.17, 15) is 9.59 Å². The topological polar surface area (TPSA) is 96.1 Å². The van der Waals surface area contributed by atoms with Gasteiger partial charge in [0.2, 0.25) is 0 Å². The van der Waals surface area contributed by atoms with Crippen LogP contribution in [0.3, 0.4) is 0 Å². The molecule has 2 aromatic heterocycles. The van der Waals surface area contributed by atoms with Crippen molar-refractivity contribution in [3.05, 3.63) is 41.9 Å². The maximum Gasteiger partial charge on any atom is 0.407 e. The standard InChI is InChI=1S/C18H22N4O3/c1-18(2,3)25-17(24)20-10-12-8-15-13(16(23)21-12)9-14(22-15)11-4-6-19-7-5-11/h4-7,9,12,22H,8,10H2,1-3H3,(H,20,24)(H,21,23). The number of rotatable bonds is 3. The number of nitrogens with zero attached hydrogens (tertiary/aromatic N) is 1. The van der Waals surface area contributed by atoms with Crippen LogP contribution in [-0.2, 0) is 11.2 Å². The second kappa shape index (κ2) is 6.58. The van der Waals surface area contributed by atoms with Gasteiger partial charge in [0.1, 0.15) is 5.60 Å². The van der Waals surface area contributed by atoms with Gasteiger partial charge in [0.25, 0.3) is 5.91 Å². The molecule has 0 fully saturated rings. The van der Waals surface area contributed by atoms with Gasteiger partial charge in [0.15, 0.2) is 0 Å². The van der Waals surface area contributed by atoms with E-state index in [1.54, 1.807) is 33.2 Å². The Morgan fingerprint density at radius 3 is 2.76 bits per heavy atom. The van der Waals surface area contributed by atoms with E-state index < -0.39 is 11.7 Å². The summed E-state index contributed by atoms with van der Waals surface area (Å²) in [6, 6.07) is 5.43. The first-order valence-electron chi connectivity index (χ1n) is 8.22. The molecule has 0 bridgehead atoms. The summed E-state index contributed by atoms with van der Waals surface area (Å²) in [6.45, 7) is 5.73. The van der Waals surface area contributed by atoms with E-state index in [-0.39, 0.29) is 11.9 Å². The lowest BCUT2D eigenvalue weighted by atomic mass is 10.0. The van der Waals surface area contributed by atoms with Crippen molar-refractivity contribution < 1.29 is 14.3 Å². The number of H-pyrrole nitrogens is 1. The van der Waals surface area contributed by atoms with E-state index in [4.69, 9.17) is 4.74 Å². The molecule has 7 heteroatoms. The number of hydrogen-bond acceptors (Lipinski definition) is 4. The molecule has 2 amide bonds. The zero-order chi connectivity index (χ0) is 18.0. The first kappa shape index (κ1) is 17.0. The quantitative estimate of drug-likeness (QED) is 0.797. The van der Waals surface area contributed by atoms with Gasteiger partial charge < -0.3 is 20.4 Å². The first-order valence-corrected chi connectivity index (χ1v) is 8.22. The van der Waals surface area contributed by atoms with Gasteiger partial charge in [0, 0.05) is 42.3 Å². The van der Waals surface area contributed by atoms with Crippen LogP contribution < -0.4 is 10.6 Å². The van der Waals surface area contributed by atoms with E-state index in [0.717, 1.165) is 17.0 Å². The zero-order valence-electron chi connectivity index (χ0n) is 14.6. The molecule has 0 radical (unpaired) electrons. The van der Waals surface area contributed by atoms with Crippen molar-refractivity contribution in [1.29, 1.82) is 0 Å². The number of amides is 2. The Bertz CT molecular complexity index is 777. The van der Waals surface area contributed by atoms with E-state index in [1.165, 1.54) is 0 Å². The summed E-state index contributed by atoms with van der Waals surface area (Å²) in [7, 11) is 0. The van der Waals surface area contributed by atoms with Gasteiger partial charge in [-0.15, -0.1) is 0 Å². The number of fused-ring (bicyclic) bond motifs is 1. The van der Waals surface area contributed by atoms with E-state index in [0.29, 0.717) is 18.5 Å². The molecule has 3 N–H and O–H groups in total. The average molecular weight is 342 g/mol. The van der Waals surface area contributed by atoms with Gasteiger partial charge in [0.05, 0.1) is 11.6 Å². The fourth-order valence-electron chi connectivity index (χ4n) is 2.75. The number of ether oxygens (including phenoxy) is 1. The summed E-state index contributed by atoms with van der Waals surface area (Å²) in [4.78, 5) is 31.4. The molecule has 0 saturated carbocycles. The first-order chi connectivity index (χ1) is 11.8. The minimum Gasteiger partial charge on any atom is -0.444 e. The summed E-state index contributed by atoms with van der Waals surface area (Å²) >= 11 is 0. The predicted molar refractivity (Wildman–Crippen MR) is 93.2 cm³/mol. The molecule has 1 atom stereocenters. The molecule has 1 aliphatic heterocycles. The maximum atomic E-state index is 12.3. The minimum absolute atomic E-state index is 0.145. The van der Waals surface area contributed by atoms with Crippen LogP contribution in [0.15, 0.2) is 30.6 Å². The fourth-order valence-corrected chi connectivity index (χ4v) is 2.75. The molecule has 0 aromatic carbocycles. The second-order valence-corrected chi connectivity index (χ2v) is 7.07. The van der Waals surface area contributed by atoms with Crippen LogP contribution in [0.4, 0.5) is 4.79 Å². The summed E-state index contributed by atoms with van der Waals surface area (Å²) in [5, 5.41) is 5.61. The molecular formula is C18H22N4O3. The van der Waals surface area contributed by atoms with Gasteiger partial charge >= 0.3 is 6.09 Å². The van der Waals surface area contributed by atoms with Gasteiger partial charge in [-0.25, -0.2) is 4.79 Å². The highest BCUT2D eigenvalue weighted by molar-refractivity contribution is 5.98. The van der Waals surface area contributed by atoms with Crippen molar-refractivity contribution in [1.82, 2.24) is 20.6 Å². The molecule has 132 valence electrons. The lowest BCUT2D eigenvalue weighted by Crippen LogP contribution is -2.48. The molecule has 7 nitrogen and oxygen atoms in total. The van der Waals surface area contributed by atoms with Gasteiger partial charge in [-0.2, -0.15) is 0 Å². The van der Waals surface area contributed by atoms with Crippen molar-refractivity contribution in [3.8, 4) is 11.3 Å². The van der Waals surface area contributed by atoms with E-state index in [1.807, 2.05) is 18.2 Å². The van der Waals surface area contributed by atoms with Crippen molar-refractivity contribution in [2.24, 2.45) is 0 Å². The highest BCUT2D eigenvalue weighted by Crippen LogP contribution is 2.24. The number of carbonyl (C=O) groups is 2. The number of hydrogen-bond donors (Lipinski definition) is 3. The predicted octanol–water partition coefficient (Wildman–Crippen LogP) is 2.26. The normalized spacial score (nSPS) is 16.8. The van der Waals surface area contributed by atoms with Crippen LogP contribution in [0.2, 0.25) is 0 Å². The van der Waals surface area contributed by atoms with Gasteiger partial charge in [-0.3, -0.25) is 9.78 Å². The van der Waals surface area contributed by atoms with Crippen LogP contribution in [0.25, 0.3) is 11.3 Å². The SMILES string of the molecule is CC(C)(C)OC(=O)NCC1Cc2[nH]c(-c3ccncc3)cc2C(=O)N1. The Morgan fingerprint density at radius 1 is 1.36 bits per heavy atom. The van der Waals surface area contributed by atoms with Gasteiger partial charge in [-0.05, 0) is 39.0 Å². The number of pyridine rings is 1. The van der Waals surface area contributed by atoms with Crippen molar-refractivity contribution >= 4 is 12.0 Å². The largest absolute Gasteiger partial charge is 0.444 e. The Labute approximate surface area is 146 Å². The molecule has 3 heterocycles. The van der Waals surface area contributed by atoms with Crippen molar-refractivity contribution in [2.45, 2.75) is 38.8 Å². The highest BCUT2D eigenvalue weighted by Gasteiger charge is 2.27. The Balaban J connectivity index is 1.66. The number of aromatic nitrogens is 2. The number of alkyl carbamates (subject to hydrolysis) is 1. The molecule has 1 aliphatic rings. The Hall–Kier alpha value is -2.83. The Morgan fingerprint density at radius 2 is 2.08 bits per heavy atom. The molecule has 0 saturated heterocycles. The molecule has 1 unspecified atom stereocenters. The molecule has 25 heavy (non-hydrogen) atoms. The van der Waals surface area contributed by atoms with E-state index >= 15 is 0 Å². The summed E-state index contributed by atoms with van der Waals surface area (Å²) in [5.74, 6) is -0.145. The molecular weight excluding hydrogens is 320 g/mol. The molecule has 0 spiro atoms. The van der Waals surface area contributed by atoms with Gasteiger partial charge in [-0.1, -0.05) is 0 Å². The third kappa shape index (κ3) is 4.17. The number of carbonyl (C=O) groups excluding carboxylic acids is 2. The third-order valence-corrected chi connectivity index (χ3v) is 3.81. The molecule has 3 rings (SSSR count). The average Bonchev–Trinajstić information content (AvgIpc) is 2.97. The zero-order valence-corrected chi connectivity index (χ0v) is 14.6. The van der Waals surface area contributed by atoms with Crippen LogP contribution in [0, 0.1) is 0 Å². The highest BCUT2D eigenvalue weighted by atomic mass is 16.6. The Kier molecular flexibility index (Phi) is 4.48. The summed E-state index contributed by atoms with van der Waals surface area (Å²) in [5.41, 5.74) is 2.81. The van der Waals surface area contributed by atoms with Crippen molar-refractivity contribution in [2.75, 3.05) is 6.54 Å². The van der Waals surface area contributed by atoms with Crippen LogP contribution in [0.5, 0.6) is 0 Å². The maximum absolute atomic E-state index is 12.3. The van der Waals surface area contributed by atoms with Crippen LogP contribution >= 0.6 is 0 Å². The minimum atomic E-state index is -0.550. The van der Waals surface area contributed by atoms with Crippen LogP contribution in [0.1, 0.15) is 36.8 Å². The fraction of sp³-hybridized carbons (Fsp3) is 0.389. The molecule has 0 aliphatic carbocycles. The smallest absolute Gasteiger partial charge is 0.407 e. The third-order valence-electron chi connectivity index (χ3n) is 3.81. The monoisotopic (exact) mass is 342 g/mol. The lowest BCUT2D eigenvalue weighted by Gasteiger charge is -2.25. The number of aromatic amines is 1.